The summed E-state index contributed by atoms with van der Waals surface area (Å²) in [7, 11) is 0. The highest BCUT2D eigenvalue weighted by Crippen LogP contribution is 2.30. The van der Waals surface area contributed by atoms with E-state index in [1.165, 1.54) is 6.07 Å². The van der Waals surface area contributed by atoms with Gasteiger partial charge in [0.25, 0.3) is 5.82 Å². The summed E-state index contributed by atoms with van der Waals surface area (Å²) in [5.74, 6) is -0.734. The molecule has 0 spiro atoms. The summed E-state index contributed by atoms with van der Waals surface area (Å²) in [5, 5.41) is 16.7. The molecule has 1 fully saturated rings. The van der Waals surface area contributed by atoms with Gasteiger partial charge in [-0.2, -0.15) is 17.9 Å². The van der Waals surface area contributed by atoms with Crippen molar-refractivity contribution < 1.29 is 17.9 Å². The molecule has 0 aliphatic carbocycles. The second-order valence-corrected chi connectivity index (χ2v) is 7.18. The average molecular weight is 449 g/mol. The standard InChI is InChI=1S/C21H26F3N7O/c1-3-6-14(4-2)19-17(7-5-10-26-19)27-12-15-11-16(8-9-18(15)32-13-25)31-20(21(22,23)24)28-29-30-31/h3-4,6,8-9,11,17,19,26-27H,1-2,5,7,10,12-13,25H2/b14-6+/t17-,19-/m0/s1. The number of tetrazole rings is 1. The number of hydrogen-bond acceptors (Lipinski definition) is 7. The van der Waals surface area contributed by atoms with Crippen molar-refractivity contribution in [2.24, 2.45) is 5.73 Å². The summed E-state index contributed by atoms with van der Waals surface area (Å²) < 4.78 is 45.8. The van der Waals surface area contributed by atoms with Gasteiger partial charge in [0.15, 0.2) is 0 Å². The molecule has 2 atom stereocenters. The predicted molar refractivity (Wildman–Crippen MR) is 114 cm³/mol. The van der Waals surface area contributed by atoms with Crippen LogP contribution in [0.1, 0.15) is 24.2 Å². The first-order valence-electron chi connectivity index (χ1n) is 10.1. The van der Waals surface area contributed by atoms with Crippen LogP contribution in [-0.2, 0) is 12.7 Å². The Labute approximate surface area is 184 Å². The number of piperidine rings is 1. The van der Waals surface area contributed by atoms with Gasteiger partial charge in [0.05, 0.1) is 5.69 Å². The molecule has 32 heavy (non-hydrogen) atoms. The molecule has 1 aliphatic heterocycles. The Bertz CT molecular complexity index is 971. The van der Waals surface area contributed by atoms with Crippen LogP contribution in [0.3, 0.4) is 0 Å². The van der Waals surface area contributed by atoms with E-state index in [2.05, 4.69) is 39.3 Å². The summed E-state index contributed by atoms with van der Waals surface area (Å²) in [5.41, 5.74) is 7.34. The number of rotatable bonds is 9. The molecular weight excluding hydrogens is 423 g/mol. The molecule has 0 saturated carbocycles. The predicted octanol–water partition coefficient (Wildman–Crippen LogP) is 2.48. The zero-order valence-electron chi connectivity index (χ0n) is 17.5. The largest absolute Gasteiger partial charge is 0.478 e. The molecule has 0 unspecified atom stereocenters. The minimum Gasteiger partial charge on any atom is -0.478 e. The van der Waals surface area contributed by atoms with Crippen LogP contribution >= 0.6 is 0 Å². The number of benzene rings is 1. The third kappa shape index (κ3) is 5.42. The number of hydrogen-bond donors (Lipinski definition) is 3. The second-order valence-electron chi connectivity index (χ2n) is 7.18. The summed E-state index contributed by atoms with van der Waals surface area (Å²) in [6.07, 6.45) is 2.62. The number of halogens is 3. The number of ether oxygens (including phenoxy) is 1. The first-order valence-corrected chi connectivity index (χ1v) is 10.1. The maximum atomic E-state index is 13.2. The van der Waals surface area contributed by atoms with Crippen molar-refractivity contribution in [1.82, 2.24) is 30.8 Å². The fraction of sp³-hybridized carbons (Fsp3) is 0.381. The maximum absolute atomic E-state index is 13.2. The van der Waals surface area contributed by atoms with Crippen LogP contribution in [0.2, 0.25) is 0 Å². The summed E-state index contributed by atoms with van der Waals surface area (Å²) in [6, 6.07) is 4.67. The van der Waals surface area contributed by atoms with Crippen molar-refractivity contribution in [3.05, 3.63) is 66.5 Å². The molecule has 11 heteroatoms. The van der Waals surface area contributed by atoms with Gasteiger partial charge in [-0.1, -0.05) is 31.4 Å². The normalized spacial score (nSPS) is 19.6. The molecule has 2 aromatic rings. The first kappa shape index (κ1) is 23.6. The van der Waals surface area contributed by atoms with Gasteiger partial charge >= 0.3 is 6.18 Å². The topological polar surface area (TPSA) is 103 Å². The Morgan fingerprint density at radius 2 is 2.19 bits per heavy atom. The van der Waals surface area contributed by atoms with E-state index >= 15 is 0 Å². The van der Waals surface area contributed by atoms with Gasteiger partial charge in [-0.05, 0) is 53.6 Å². The fourth-order valence-corrected chi connectivity index (χ4v) is 3.74. The van der Waals surface area contributed by atoms with E-state index in [0.717, 1.165) is 25.0 Å². The molecule has 4 N–H and O–H groups in total. The SMILES string of the molecule is C=C/C=C(\C=C)[C@@H]1NCCC[C@@H]1NCc1cc(-n2nnnc2C(F)(F)F)ccc1OCN. The zero-order chi connectivity index (χ0) is 23.1. The highest BCUT2D eigenvalue weighted by molar-refractivity contribution is 5.44. The van der Waals surface area contributed by atoms with Gasteiger partial charge in [-0.3, -0.25) is 5.73 Å². The molecule has 1 aliphatic rings. The van der Waals surface area contributed by atoms with Gasteiger partial charge in [-0.15, -0.1) is 5.10 Å². The highest BCUT2D eigenvalue weighted by atomic mass is 19.4. The molecule has 2 heterocycles. The van der Waals surface area contributed by atoms with Crippen molar-refractivity contribution in [3.63, 3.8) is 0 Å². The van der Waals surface area contributed by atoms with Crippen LogP contribution < -0.4 is 21.1 Å². The first-order chi connectivity index (χ1) is 15.4. The molecular formula is C21H26F3N7O. The van der Waals surface area contributed by atoms with E-state index in [-0.39, 0.29) is 24.5 Å². The molecule has 1 aromatic carbocycles. The van der Waals surface area contributed by atoms with E-state index in [0.29, 0.717) is 22.5 Å². The molecule has 8 nitrogen and oxygen atoms in total. The Morgan fingerprint density at radius 3 is 2.88 bits per heavy atom. The summed E-state index contributed by atoms with van der Waals surface area (Å²) in [4.78, 5) is 0. The Hall–Kier alpha value is -3.02. The van der Waals surface area contributed by atoms with Gasteiger partial charge < -0.3 is 15.4 Å². The van der Waals surface area contributed by atoms with Crippen LogP contribution in [0, 0.1) is 0 Å². The summed E-state index contributed by atoms with van der Waals surface area (Å²) >= 11 is 0. The summed E-state index contributed by atoms with van der Waals surface area (Å²) in [6.45, 7) is 8.79. The second kappa shape index (κ2) is 10.5. The maximum Gasteiger partial charge on any atom is 0.453 e. The quantitative estimate of drug-likeness (QED) is 0.399. The van der Waals surface area contributed by atoms with E-state index in [4.69, 9.17) is 10.5 Å². The Morgan fingerprint density at radius 1 is 1.38 bits per heavy atom. The minimum absolute atomic E-state index is 0.0256. The van der Waals surface area contributed by atoms with Crippen molar-refractivity contribution in [3.8, 4) is 11.4 Å². The third-order valence-corrected chi connectivity index (χ3v) is 5.17. The molecule has 1 saturated heterocycles. The van der Waals surface area contributed by atoms with Crippen LogP contribution in [0.25, 0.3) is 5.69 Å². The number of alkyl halides is 3. The van der Waals surface area contributed by atoms with Gasteiger partial charge in [0.2, 0.25) is 0 Å². The average Bonchev–Trinajstić information content (AvgIpc) is 3.28. The van der Waals surface area contributed by atoms with Gasteiger partial charge in [0.1, 0.15) is 12.5 Å². The van der Waals surface area contributed by atoms with Crippen LogP contribution in [0.15, 0.2) is 55.2 Å². The van der Waals surface area contributed by atoms with Crippen molar-refractivity contribution in [2.45, 2.75) is 37.6 Å². The van der Waals surface area contributed by atoms with Crippen LogP contribution in [0.5, 0.6) is 5.75 Å². The number of allylic oxidation sites excluding steroid dienone is 2. The molecule has 0 radical (unpaired) electrons. The van der Waals surface area contributed by atoms with E-state index in [9.17, 15) is 13.2 Å². The van der Waals surface area contributed by atoms with Crippen LogP contribution in [0.4, 0.5) is 13.2 Å². The molecule has 0 amide bonds. The Kier molecular flexibility index (Phi) is 7.78. The van der Waals surface area contributed by atoms with Crippen LogP contribution in [-0.4, -0.2) is 45.6 Å². The Balaban J connectivity index is 1.87. The zero-order valence-corrected chi connectivity index (χ0v) is 17.5. The van der Waals surface area contributed by atoms with Crippen molar-refractivity contribution >= 4 is 0 Å². The van der Waals surface area contributed by atoms with Gasteiger partial charge in [-0.25, -0.2) is 0 Å². The third-order valence-electron chi connectivity index (χ3n) is 5.17. The monoisotopic (exact) mass is 449 g/mol. The van der Waals surface area contributed by atoms with Crippen molar-refractivity contribution in [2.75, 3.05) is 13.3 Å². The molecule has 1 aromatic heterocycles. The molecule has 3 rings (SSSR count). The molecule has 0 bridgehead atoms. The lowest BCUT2D eigenvalue weighted by Gasteiger charge is -2.34. The number of nitrogens with zero attached hydrogens (tertiary/aromatic N) is 4. The number of nitrogens with one attached hydrogen (secondary N) is 2. The van der Waals surface area contributed by atoms with E-state index < -0.39 is 12.0 Å². The van der Waals surface area contributed by atoms with Crippen molar-refractivity contribution in [1.29, 1.82) is 0 Å². The number of nitrogens with two attached hydrogens (primary N) is 1. The van der Waals surface area contributed by atoms with E-state index in [1.807, 2.05) is 6.08 Å². The van der Waals surface area contributed by atoms with E-state index in [1.54, 1.807) is 24.3 Å². The van der Waals surface area contributed by atoms with Gasteiger partial charge in [0, 0.05) is 24.2 Å². The lowest BCUT2D eigenvalue weighted by Crippen LogP contribution is -2.52. The smallest absolute Gasteiger partial charge is 0.453 e. The minimum atomic E-state index is -4.69. The highest BCUT2D eigenvalue weighted by Gasteiger charge is 2.38. The number of aromatic nitrogens is 4. The lowest BCUT2D eigenvalue weighted by molar-refractivity contribution is -0.146. The lowest BCUT2D eigenvalue weighted by atomic mass is 9.91. The molecule has 172 valence electrons. The fourth-order valence-electron chi connectivity index (χ4n) is 3.74.